The molecule has 2 heterocycles. The minimum absolute atomic E-state index is 0.341. The molecule has 1 N–H and O–H groups in total. The van der Waals surface area contributed by atoms with E-state index >= 15 is 0 Å². The molecule has 0 aliphatic carbocycles. The van der Waals surface area contributed by atoms with E-state index in [-0.39, 0.29) is 5.54 Å². The lowest BCUT2D eigenvalue weighted by atomic mass is 10.1. The molecule has 6 heteroatoms. The highest BCUT2D eigenvalue weighted by molar-refractivity contribution is 5.71. The van der Waals surface area contributed by atoms with Crippen molar-refractivity contribution in [3.8, 4) is 17.2 Å². The van der Waals surface area contributed by atoms with E-state index in [0.29, 0.717) is 11.5 Å². The molecule has 0 aromatic carbocycles. The van der Waals surface area contributed by atoms with E-state index < -0.39 is 6.09 Å². The van der Waals surface area contributed by atoms with Crippen LogP contribution in [0.4, 0.5) is 4.79 Å². The van der Waals surface area contributed by atoms with Gasteiger partial charge in [0.05, 0.1) is 19.5 Å². The monoisotopic (exact) mass is 289 g/mol. The summed E-state index contributed by atoms with van der Waals surface area (Å²) in [6, 6.07) is 3.47. The van der Waals surface area contributed by atoms with Crippen LogP contribution in [0.15, 0.2) is 36.9 Å². The second kappa shape index (κ2) is 5.87. The Morgan fingerprint density at radius 2 is 2.10 bits per heavy atom. The van der Waals surface area contributed by atoms with E-state index in [1.165, 1.54) is 0 Å². The molecule has 0 atom stereocenters. The van der Waals surface area contributed by atoms with Crippen LogP contribution in [0.5, 0.6) is 11.5 Å². The smallest absolute Gasteiger partial charge is 0.413 e. The molecule has 0 aliphatic heterocycles. The molecule has 0 bridgehead atoms. The van der Waals surface area contributed by atoms with Crippen molar-refractivity contribution in [3.05, 3.63) is 36.9 Å². The highest BCUT2D eigenvalue weighted by atomic mass is 16.6. The fraction of sp³-hybridized carbons (Fsp3) is 0.333. The molecule has 0 spiro atoms. The topological polar surface area (TPSA) is 65.4 Å². The second-order valence-corrected chi connectivity index (χ2v) is 5.57. The SMILES string of the molecule is COc1ccncc1-n1ccc(OC(=O)NC(C)(C)C)c1. The number of rotatable bonds is 3. The van der Waals surface area contributed by atoms with Crippen LogP contribution >= 0.6 is 0 Å². The Balaban J connectivity index is 2.13. The van der Waals surface area contributed by atoms with Gasteiger partial charge in [0.15, 0.2) is 5.75 Å². The summed E-state index contributed by atoms with van der Waals surface area (Å²) < 4.78 is 12.3. The van der Waals surface area contributed by atoms with Crippen LogP contribution in [-0.4, -0.2) is 28.3 Å². The first-order valence-electron chi connectivity index (χ1n) is 6.55. The average Bonchev–Trinajstić information content (AvgIpc) is 2.84. The maximum Gasteiger partial charge on any atom is 0.413 e. The van der Waals surface area contributed by atoms with Gasteiger partial charge >= 0.3 is 6.09 Å². The van der Waals surface area contributed by atoms with Gasteiger partial charge in [-0.25, -0.2) is 4.79 Å². The number of hydrogen-bond donors (Lipinski definition) is 1. The van der Waals surface area contributed by atoms with Gasteiger partial charge in [-0.3, -0.25) is 4.98 Å². The van der Waals surface area contributed by atoms with E-state index in [1.54, 1.807) is 48.6 Å². The first-order valence-corrected chi connectivity index (χ1v) is 6.55. The number of aromatic nitrogens is 2. The first kappa shape index (κ1) is 14.9. The van der Waals surface area contributed by atoms with Crippen molar-refractivity contribution in [2.45, 2.75) is 26.3 Å². The molecule has 0 unspecified atom stereocenters. The Kier molecular flexibility index (Phi) is 4.16. The predicted octanol–water partition coefficient (Wildman–Crippen LogP) is 2.77. The van der Waals surface area contributed by atoms with Crippen molar-refractivity contribution < 1.29 is 14.3 Å². The van der Waals surface area contributed by atoms with E-state index in [9.17, 15) is 4.79 Å². The zero-order valence-corrected chi connectivity index (χ0v) is 12.6. The van der Waals surface area contributed by atoms with Crippen LogP contribution in [0.3, 0.4) is 0 Å². The standard InChI is InChI=1S/C15H19N3O3/c1-15(2,3)17-14(19)21-11-6-8-18(10-11)12-9-16-7-5-13(12)20-4/h5-10H,1-4H3,(H,17,19). The van der Waals surface area contributed by atoms with Crippen molar-refractivity contribution in [1.82, 2.24) is 14.9 Å². The molecule has 0 fully saturated rings. The normalized spacial score (nSPS) is 11.0. The van der Waals surface area contributed by atoms with Crippen molar-refractivity contribution in [1.29, 1.82) is 0 Å². The van der Waals surface area contributed by atoms with E-state index in [4.69, 9.17) is 9.47 Å². The third-order valence-electron chi connectivity index (χ3n) is 2.61. The third kappa shape index (κ3) is 3.98. The van der Waals surface area contributed by atoms with Gasteiger partial charge < -0.3 is 19.4 Å². The summed E-state index contributed by atoms with van der Waals surface area (Å²) in [6.45, 7) is 5.67. The molecule has 0 aliphatic rings. The summed E-state index contributed by atoms with van der Waals surface area (Å²) in [5.41, 5.74) is 0.428. The zero-order valence-electron chi connectivity index (χ0n) is 12.6. The van der Waals surface area contributed by atoms with Gasteiger partial charge in [0.2, 0.25) is 0 Å². The summed E-state index contributed by atoms with van der Waals surface area (Å²) in [4.78, 5) is 15.8. The Morgan fingerprint density at radius 3 is 2.76 bits per heavy atom. The van der Waals surface area contributed by atoms with Gasteiger partial charge in [-0.1, -0.05) is 0 Å². The number of amides is 1. The van der Waals surface area contributed by atoms with Gasteiger partial charge in [-0.2, -0.15) is 0 Å². The van der Waals surface area contributed by atoms with Crippen molar-refractivity contribution in [3.63, 3.8) is 0 Å². The quantitative estimate of drug-likeness (QED) is 0.943. The minimum atomic E-state index is -0.488. The lowest BCUT2D eigenvalue weighted by Gasteiger charge is -2.19. The molecule has 2 rings (SSSR count). The number of hydrogen-bond acceptors (Lipinski definition) is 4. The average molecular weight is 289 g/mol. The number of carbonyl (C=O) groups excluding carboxylic acids is 1. The fourth-order valence-electron chi connectivity index (χ4n) is 1.77. The van der Waals surface area contributed by atoms with Crippen LogP contribution < -0.4 is 14.8 Å². The molecule has 0 saturated heterocycles. The van der Waals surface area contributed by atoms with Crippen molar-refractivity contribution in [2.24, 2.45) is 0 Å². The number of ether oxygens (including phenoxy) is 2. The van der Waals surface area contributed by atoms with Gasteiger partial charge in [0.1, 0.15) is 11.4 Å². The summed E-state index contributed by atoms with van der Waals surface area (Å²) in [6.07, 6.45) is 6.32. The lowest BCUT2D eigenvalue weighted by Crippen LogP contribution is -2.42. The molecule has 0 saturated carbocycles. The number of nitrogens with zero attached hydrogens (tertiary/aromatic N) is 2. The molecular formula is C15H19N3O3. The fourth-order valence-corrected chi connectivity index (χ4v) is 1.77. The summed E-state index contributed by atoms with van der Waals surface area (Å²) in [5, 5.41) is 2.73. The second-order valence-electron chi connectivity index (χ2n) is 5.57. The van der Waals surface area contributed by atoms with Crippen LogP contribution in [0, 0.1) is 0 Å². The Labute approximate surface area is 123 Å². The molecule has 1 amide bonds. The Bertz CT molecular complexity index is 629. The highest BCUT2D eigenvalue weighted by Gasteiger charge is 2.16. The predicted molar refractivity (Wildman–Crippen MR) is 79.0 cm³/mol. The van der Waals surface area contributed by atoms with Crippen LogP contribution in [0.1, 0.15) is 20.8 Å². The van der Waals surface area contributed by atoms with E-state index in [1.807, 2.05) is 20.8 Å². The minimum Gasteiger partial charge on any atom is -0.494 e. The maximum atomic E-state index is 11.7. The maximum absolute atomic E-state index is 11.7. The number of nitrogens with one attached hydrogen (secondary N) is 1. The summed E-state index contributed by atoms with van der Waals surface area (Å²) >= 11 is 0. The molecule has 0 radical (unpaired) electrons. The van der Waals surface area contributed by atoms with E-state index in [0.717, 1.165) is 5.69 Å². The lowest BCUT2D eigenvalue weighted by molar-refractivity contribution is 0.190. The van der Waals surface area contributed by atoms with Crippen LogP contribution in [0.2, 0.25) is 0 Å². The Hall–Kier alpha value is -2.50. The third-order valence-corrected chi connectivity index (χ3v) is 2.61. The molecule has 2 aromatic heterocycles. The van der Waals surface area contributed by atoms with Gasteiger partial charge in [0.25, 0.3) is 0 Å². The first-order chi connectivity index (χ1) is 9.89. The van der Waals surface area contributed by atoms with Crippen molar-refractivity contribution in [2.75, 3.05) is 7.11 Å². The van der Waals surface area contributed by atoms with Gasteiger partial charge in [-0.15, -0.1) is 0 Å². The van der Waals surface area contributed by atoms with Crippen molar-refractivity contribution >= 4 is 6.09 Å². The molecule has 112 valence electrons. The molecule has 2 aromatic rings. The summed E-state index contributed by atoms with van der Waals surface area (Å²) in [5.74, 6) is 1.13. The zero-order chi connectivity index (χ0) is 15.5. The van der Waals surface area contributed by atoms with E-state index in [2.05, 4.69) is 10.3 Å². The number of carbonyl (C=O) groups is 1. The number of pyridine rings is 1. The molecular weight excluding hydrogens is 270 g/mol. The largest absolute Gasteiger partial charge is 0.494 e. The van der Waals surface area contributed by atoms with Crippen LogP contribution in [-0.2, 0) is 0 Å². The summed E-state index contributed by atoms with van der Waals surface area (Å²) in [7, 11) is 1.59. The Morgan fingerprint density at radius 1 is 1.33 bits per heavy atom. The van der Waals surface area contributed by atoms with Gasteiger partial charge in [-0.05, 0) is 26.8 Å². The highest BCUT2D eigenvalue weighted by Crippen LogP contribution is 2.23. The van der Waals surface area contributed by atoms with Crippen LogP contribution in [0.25, 0.3) is 5.69 Å². The number of methoxy groups -OCH3 is 1. The molecule has 21 heavy (non-hydrogen) atoms. The molecule has 6 nitrogen and oxygen atoms in total. The van der Waals surface area contributed by atoms with Gasteiger partial charge in [0, 0.05) is 24.0 Å².